The van der Waals surface area contributed by atoms with Crippen molar-refractivity contribution in [2.45, 2.75) is 6.92 Å². The minimum Gasteiger partial charge on any atom is -0.503 e. The summed E-state index contributed by atoms with van der Waals surface area (Å²) in [5, 5.41) is 9.82. The summed E-state index contributed by atoms with van der Waals surface area (Å²) in [4.78, 5) is 13.7. The number of phenolic OH excluding ortho intramolecular Hbond substituents is 1. The van der Waals surface area contributed by atoms with Crippen molar-refractivity contribution in [3.63, 3.8) is 0 Å². The zero-order chi connectivity index (χ0) is 14.7. The fraction of sp³-hybridized carbons (Fsp3) is 0.133. The van der Waals surface area contributed by atoms with E-state index in [0.29, 0.717) is 10.4 Å². The Hall–Kier alpha value is -1.78. The SMILES string of the molecule is COc1cc(/C=C/C(=O)c2ccc(C)s2)cc(Cl)c1O. The fourth-order valence-electron chi connectivity index (χ4n) is 1.67. The lowest BCUT2D eigenvalue weighted by molar-refractivity contribution is 0.105. The molecule has 0 fully saturated rings. The van der Waals surface area contributed by atoms with Gasteiger partial charge in [0.1, 0.15) is 0 Å². The quantitative estimate of drug-likeness (QED) is 0.676. The van der Waals surface area contributed by atoms with E-state index in [1.165, 1.54) is 24.5 Å². The Bertz CT molecular complexity index is 674. The lowest BCUT2D eigenvalue weighted by Crippen LogP contribution is -1.89. The maximum absolute atomic E-state index is 11.9. The summed E-state index contributed by atoms with van der Waals surface area (Å²) < 4.78 is 5.01. The molecule has 0 aliphatic carbocycles. The van der Waals surface area contributed by atoms with E-state index in [2.05, 4.69) is 0 Å². The van der Waals surface area contributed by atoms with Crippen LogP contribution in [0.3, 0.4) is 0 Å². The van der Waals surface area contributed by atoms with Crippen LogP contribution in [0.25, 0.3) is 6.08 Å². The van der Waals surface area contributed by atoms with E-state index >= 15 is 0 Å². The fourth-order valence-corrected chi connectivity index (χ4v) is 2.67. The van der Waals surface area contributed by atoms with Gasteiger partial charge in [-0.2, -0.15) is 0 Å². The van der Waals surface area contributed by atoms with Gasteiger partial charge in [0.25, 0.3) is 0 Å². The maximum atomic E-state index is 11.9. The Morgan fingerprint density at radius 1 is 1.40 bits per heavy atom. The second kappa shape index (κ2) is 6.11. The molecule has 0 atom stereocenters. The van der Waals surface area contributed by atoms with Gasteiger partial charge in [-0.1, -0.05) is 17.7 Å². The lowest BCUT2D eigenvalue weighted by Gasteiger charge is -2.06. The molecule has 0 amide bonds. The van der Waals surface area contributed by atoms with E-state index in [0.717, 1.165) is 4.88 Å². The number of thiophene rings is 1. The number of allylic oxidation sites excluding steroid dienone is 1. The van der Waals surface area contributed by atoms with Gasteiger partial charge in [0.2, 0.25) is 0 Å². The van der Waals surface area contributed by atoms with Crippen molar-refractivity contribution in [2.75, 3.05) is 7.11 Å². The number of rotatable bonds is 4. The Labute approximate surface area is 126 Å². The highest BCUT2D eigenvalue weighted by Gasteiger charge is 2.08. The number of methoxy groups -OCH3 is 1. The molecule has 1 N–H and O–H groups in total. The maximum Gasteiger partial charge on any atom is 0.195 e. The highest BCUT2D eigenvalue weighted by Crippen LogP contribution is 2.35. The summed E-state index contributed by atoms with van der Waals surface area (Å²) in [6, 6.07) is 6.90. The average molecular weight is 309 g/mol. The predicted molar refractivity (Wildman–Crippen MR) is 82.1 cm³/mol. The molecule has 3 nitrogen and oxygen atoms in total. The monoisotopic (exact) mass is 308 g/mol. The molecule has 2 rings (SSSR count). The number of phenols is 1. The first-order valence-corrected chi connectivity index (χ1v) is 7.06. The van der Waals surface area contributed by atoms with Crippen molar-refractivity contribution in [1.29, 1.82) is 0 Å². The van der Waals surface area contributed by atoms with Gasteiger partial charge in [0.05, 0.1) is 17.0 Å². The van der Waals surface area contributed by atoms with Crippen LogP contribution < -0.4 is 4.74 Å². The Kier molecular flexibility index (Phi) is 4.47. The molecule has 0 saturated heterocycles. The zero-order valence-electron chi connectivity index (χ0n) is 11.0. The molecule has 1 aromatic heterocycles. The minimum absolute atomic E-state index is 0.0636. The second-order valence-corrected chi connectivity index (χ2v) is 5.86. The van der Waals surface area contributed by atoms with E-state index in [1.54, 1.807) is 24.3 Å². The number of carbonyl (C=O) groups excluding carboxylic acids is 1. The molecule has 104 valence electrons. The molecule has 0 aliphatic heterocycles. The van der Waals surface area contributed by atoms with E-state index < -0.39 is 0 Å². The third-order valence-electron chi connectivity index (χ3n) is 2.68. The summed E-state index contributed by atoms with van der Waals surface area (Å²) in [5.74, 6) is 0.106. The molecular formula is C15H13ClO3S. The highest BCUT2D eigenvalue weighted by molar-refractivity contribution is 7.14. The number of hydrogen-bond acceptors (Lipinski definition) is 4. The minimum atomic E-state index is -0.105. The summed E-state index contributed by atoms with van der Waals surface area (Å²) in [7, 11) is 1.44. The van der Waals surface area contributed by atoms with Gasteiger partial charge in [-0.3, -0.25) is 4.79 Å². The van der Waals surface area contributed by atoms with E-state index in [-0.39, 0.29) is 22.3 Å². The van der Waals surface area contributed by atoms with Gasteiger partial charge < -0.3 is 9.84 Å². The molecule has 0 unspecified atom stereocenters. The first-order chi connectivity index (χ1) is 9.51. The van der Waals surface area contributed by atoms with Gasteiger partial charge >= 0.3 is 0 Å². The molecule has 1 heterocycles. The summed E-state index contributed by atoms with van der Waals surface area (Å²) >= 11 is 7.34. The van der Waals surface area contributed by atoms with Crippen LogP contribution >= 0.6 is 22.9 Å². The van der Waals surface area contributed by atoms with Crippen molar-refractivity contribution < 1.29 is 14.6 Å². The van der Waals surface area contributed by atoms with Gasteiger partial charge in [0, 0.05) is 4.88 Å². The van der Waals surface area contributed by atoms with Crippen molar-refractivity contribution in [2.24, 2.45) is 0 Å². The van der Waals surface area contributed by atoms with Crippen LogP contribution in [-0.4, -0.2) is 18.0 Å². The van der Waals surface area contributed by atoms with Gasteiger partial charge in [0.15, 0.2) is 17.3 Å². The summed E-state index contributed by atoms with van der Waals surface area (Å²) in [5.41, 5.74) is 0.686. The largest absolute Gasteiger partial charge is 0.503 e. The van der Waals surface area contributed by atoms with E-state index in [1.807, 2.05) is 13.0 Å². The van der Waals surface area contributed by atoms with Crippen LogP contribution in [0.5, 0.6) is 11.5 Å². The second-order valence-electron chi connectivity index (χ2n) is 4.16. The lowest BCUT2D eigenvalue weighted by atomic mass is 10.1. The third-order valence-corrected chi connectivity index (χ3v) is 3.98. The number of aryl methyl sites for hydroxylation is 1. The van der Waals surface area contributed by atoms with Crippen LogP contribution in [0.2, 0.25) is 5.02 Å². The number of benzene rings is 1. The van der Waals surface area contributed by atoms with Crippen LogP contribution in [0.4, 0.5) is 0 Å². The normalized spacial score (nSPS) is 10.9. The molecule has 5 heteroatoms. The predicted octanol–water partition coefficient (Wildman–Crippen LogP) is 4.32. The molecule has 20 heavy (non-hydrogen) atoms. The Morgan fingerprint density at radius 2 is 2.15 bits per heavy atom. The molecule has 0 spiro atoms. The van der Waals surface area contributed by atoms with Crippen LogP contribution in [-0.2, 0) is 0 Å². The Morgan fingerprint density at radius 3 is 2.75 bits per heavy atom. The number of carbonyl (C=O) groups is 1. The standard InChI is InChI=1S/C15H13ClO3S/c1-9-3-6-14(20-9)12(17)5-4-10-7-11(16)15(18)13(8-10)19-2/h3-8,18H,1-2H3/b5-4+. The van der Waals surface area contributed by atoms with Crippen LogP contribution in [0, 0.1) is 6.92 Å². The smallest absolute Gasteiger partial charge is 0.195 e. The average Bonchev–Trinajstić information content (AvgIpc) is 2.86. The molecule has 0 bridgehead atoms. The van der Waals surface area contributed by atoms with Gasteiger partial charge in [-0.05, 0) is 42.8 Å². The molecule has 0 aliphatic rings. The number of hydrogen-bond donors (Lipinski definition) is 1. The van der Waals surface area contributed by atoms with Crippen LogP contribution in [0.1, 0.15) is 20.1 Å². The number of aromatic hydroxyl groups is 1. The molecule has 2 aromatic rings. The third kappa shape index (κ3) is 3.21. The number of halogens is 1. The first kappa shape index (κ1) is 14.6. The number of ketones is 1. The molecule has 0 saturated carbocycles. The Balaban J connectivity index is 2.23. The van der Waals surface area contributed by atoms with Crippen molar-refractivity contribution in [3.8, 4) is 11.5 Å². The van der Waals surface area contributed by atoms with Crippen molar-refractivity contribution in [3.05, 3.63) is 50.7 Å². The highest BCUT2D eigenvalue weighted by atomic mass is 35.5. The van der Waals surface area contributed by atoms with Gasteiger partial charge in [-0.25, -0.2) is 0 Å². The van der Waals surface area contributed by atoms with Crippen molar-refractivity contribution >= 4 is 34.8 Å². The van der Waals surface area contributed by atoms with E-state index in [9.17, 15) is 9.90 Å². The van der Waals surface area contributed by atoms with Gasteiger partial charge in [-0.15, -0.1) is 11.3 Å². The zero-order valence-corrected chi connectivity index (χ0v) is 12.6. The summed E-state index contributed by atoms with van der Waals surface area (Å²) in [6.45, 7) is 1.95. The molecule has 0 radical (unpaired) electrons. The van der Waals surface area contributed by atoms with Crippen molar-refractivity contribution in [1.82, 2.24) is 0 Å². The first-order valence-electron chi connectivity index (χ1n) is 5.86. The molecular weight excluding hydrogens is 296 g/mol. The molecule has 1 aromatic carbocycles. The topological polar surface area (TPSA) is 46.5 Å². The number of ether oxygens (including phenoxy) is 1. The van der Waals surface area contributed by atoms with E-state index in [4.69, 9.17) is 16.3 Å². The van der Waals surface area contributed by atoms with Crippen LogP contribution in [0.15, 0.2) is 30.3 Å². The summed E-state index contributed by atoms with van der Waals surface area (Å²) in [6.07, 6.45) is 3.12.